The number of benzene rings is 3. The third-order valence-corrected chi connectivity index (χ3v) is 5.40. The topological polar surface area (TPSA) is 70.7 Å². The van der Waals surface area contributed by atoms with Crippen molar-refractivity contribution in [2.75, 3.05) is 14.2 Å². The highest BCUT2D eigenvalue weighted by Gasteiger charge is 2.19. The maximum Gasteiger partial charge on any atom is 0.263 e. The van der Waals surface area contributed by atoms with Gasteiger partial charge in [-0.2, -0.15) is 0 Å². The molecule has 5 rings (SSSR count). The van der Waals surface area contributed by atoms with Crippen molar-refractivity contribution in [3.05, 3.63) is 88.5 Å². The molecule has 0 fully saturated rings. The number of hydrogen-bond acceptors (Lipinski definition) is 5. The van der Waals surface area contributed by atoms with E-state index < -0.39 is 0 Å². The van der Waals surface area contributed by atoms with Gasteiger partial charge in [0.2, 0.25) is 5.78 Å². The fourth-order valence-electron chi connectivity index (χ4n) is 3.84. The van der Waals surface area contributed by atoms with Crippen LogP contribution in [-0.2, 0) is 6.54 Å². The molecular weight excluding hydrogens is 411 g/mol. The lowest BCUT2D eigenvalue weighted by molar-refractivity contribution is 0.355. The number of hydrogen-bond donors (Lipinski definition) is 0. The quantitative estimate of drug-likeness (QED) is 0.423. The lowest BCUT2D eigenvalue weighted by atomic mass is 10.1. The minimum atomic E-state index is -0.331. The Balaban J connectivity index is 1.78. The van der Waals surface area contributed by atoms with E-state index in [1.54, 1.807) is 43.1 Å². The largest absolute Gasteiger partial charge is 0.493 e. The first-order chi connectivity index (χ1) is 15.6. The summed E-state index contributed by atoms with van der Waals surface area (Å²) in [6.07, 6.45) is 0. The van der Waals surface area contributed by atoms with Crippen molar-refractivity contribution < 1.29 is 13.9 Å². The van der Waals surface area contributed by atoms with Gasteiger partial charge in [-0.1, -0.05) is 24.3 Å². The van der Waals surface area contributed by atoms with Crippen LogP contribution in [0.2, 0.25) is 0 Å². The lowest BCUT2D eigenvalue weighted by Gasteiger charge is -2.12. The molecule has 0 radical (unpaired) electrons. The highest BCUT2D eigenvalue weighted by atomic mass is 19.1. The van der Waals surface area contributed by atoms with Gasteiger partial charge in [-0.05, 0) is 48.0 Å². The number of nitrogens with zero attached hydrogens (tertiary/aromatic N) is 4. The van der Waals surface area contributed by atoms with E-state index in [0.717, 1.165) is 11.1 Å². The third kappa shape index (κ3) is 3.17. The Morgan fingerprint density at radius 2 is 1.66 bits per heavy atom. The first kappa shape index (κ1) is 19.7. The number of methoxy groups -OCH3 is 2. The molecule has 7 nitrogen and oxygen atoms in total. The van der Waals surface area contributed by atoms with E-state index in [0.29, 0.717) is 34.0 Å². The van der Waals surface area contributed by atoms with Crippen molar-refractivity contribution in [3.63, 3.8) is 0 Å². The van der Waals surface area contributed by atoms with E-state index in [9.17, 15) is 9.18 Å². The predicted molar refractivity (Wildman–Crippen MR) is 119 cm³/mol. The molecule has 2 aromatic heterocycles. The van der Waals surface area contributed by atoms with Gasteiger partial charge in [0.1, 0.15) is 5.82 Å². The summed E-state index contributed by atoms with van der Waals surface area (Å²) in [6.45, 7) is 0.234. The third-order valence-electron chi connectivity index (χ3n) is 5.40. The first-order valence-corrected chi connectivity index (χ1v) is 9.94. The molecule has 160 valence electrons. The highest BCUT2D eigenvalue weighted by Crippen LogP contribution is 2.32. The normalized spacial score (nSPS) is 11.2. The van der Waals surface area contributed by atoms with E-state index in [-0.39, 0.29) is 17.9 Å². The van der Waals surface area contributed by atoms with Crippen molar-refractivity contribution in [1.29, 1.82) is 0 Å². The molecule has 0 amide bonds. The Morgan fingerprint density at radius 3 is 2.41 bits per heavy atom. The average molecular weight is 430 g/mol. The first-order valence-electron chi connectivity index (χ1n) is 9.94. The summed E-state index contributed by atoms with van der Waals surface area (Å²) >= 11 is 0. The summed E-state index contributed by atoms with van der Waals surface area (Å²) in [6, 6.07) is 18.8. The molecule has 0 aliphatic heterocycles. The second-order valence-electron chi connectivity index (χ2n) is 7.26. The van der Waals surface area contributed by atoms with Gasteiger partial charge in [0.25, 0.3) is 5.56 Å². The van der Waals surface area contributed by atoms with Crippen LogP contribution < -0.4 is 15.0 Å². The van der Waals surface area contributed by atoms with E-state index in [2.05, 4.69) is 10.2 Å². The zero-order chi connectivity index (χ0) is 22.2. The second-order valence-corrected chi connectivity index (χ2v) is 7.26. The molecule has 0 bridgehead atoms. The van der Waals surface area contributed by atoms with Crippen molar-refractivity contribution >= 4 is 16.7 Å². The molecule has 0 saturated carbocycles. The number of para-hydroxylation sites is 1. The summed E-state index contributed by atoms with van der Waals surface area (Å²) in [5.41, 5.74) is 2.04. The van der Waals surface area contributed by atoms with Crippen molar-refractivity contribution in [3.8, 4) is 22.9 Å². The summed E-state index contributed by atoms with van der Waals surface area (Å²) in [4.78, 5) is 13.3. The van der Waals surface area contributed by atoms with Crippen molar-refractivity contribution in [2.45, 2.75) is 6.54 Å². The molecule has 8 heteroatoms. The van der Waals surface area contributed by atoms with Gasteiger partial charge in [-0.3, -0.25) is 13.8 Å². The van der Waals surface area contributed by atoms with Crippen LogP contribution in [0.1, 0.15) is 5.56 Å². The maximum absolute atomic E-state index is 13.4. The fourth-order valence-corrected chi connectivity index (χ4v) is 3.84. The number of fused-ring (bicyclic) bond motifs is 3. The van der Waals surface area contributed by atoms with E-state index in [4.69, 9.17) is 9.47 Å². The molecule has 5 aromatic rings. The monoisotopic (exact) mass is 430 g/mol. The molecule has 0 unspecified atom stereocenters. The van der Waals surface area contributed by atoms with Gasteiger partial charge < -0.3 is 9.47 Å². The lowest BCUT2D eigenvalue weighted by Crippen LogP contribution is -2.24. The van der Waals surface area contributed by atoms with E-state index in [1.165, 1.54) is 12.1 Å². The van der Waals surface area contributed by atoms with Crippen molar-refractivity contribution in [2.24, 2.45) is 0 Å². The predicted octanol–water partition coefficient (Wildman–Crippen LogP) is 3.92. The average Bonchev–Trinajstić information content (AvgIpc) is 3.27. The summed E-state index contributed by atoms with van der Waals surface area (Å²) in [5, 5.41) is 9.28. The Labute approximate surface area is 182 Å². The maximum atomic E-state index is 13.4. The molecule has 0 saturated heterocycles. The molecule has 3 aromatic carbocycles. The fraction of sp³-hybridized carbons (Fsp3) is 0.125. The Morgan fingerprint density at radius 1 is 0.906 bits per heavy atom. The van der Waals surface area contributed by atoms with Gasteiger partial charge >= 0.3 is 0 Å². The van der Waals surface area contributed by atoms with Gasteiger partial charge in [-0.25, -0.2) is 4.39 Å². The zero-order valence-corrected chi connectivity index (χ0v) is 17.4. The van der Waals surface area contributed by atoms with Crippen LogP contribution in [0.4, 0.5) is 4.39 Å². The van der Waals surface area contributed by atoms with Crippen molar-refractivity contribution in [1.82, 2.24) is 19.2 Å². The minimum Gasteiger partial charge on any atom is -0.493 e. The molecule has 0 spiro atoms. The van der Waals surface area contributed by atoms with Gasteiger partial charge in [0, 0.05) is 5.56 Å². The highest BCUT2D eigenvalue weighted by molar-refractivity contribution is 5.82. The second kappa shape index (κ2) is 7.81. The summed E-state index contributed by atoms with van der Waals surface area (Å²) in [5.74, 6) is 1.78. The van der Waals surface area contributed by atoms with Crippen LogP contribution >= 0.6 is 0 Å². The van der Waals surface area contributed by atoms with E-state index >= 15 is 0 Å². The number of aromatic nitrogens is 4. The molecule has 0 N–H and O–H groups in total. The SMILES string of the molecule is COc1ccc(-c2nnc3n(Cc4ccc(F)cc4)c(=O)c4ccccc4n23)cc1OC. The number of halogens is 1. The number of rotatable bonds is 5. The minimum absolute atomic E-state index is 0.191. The zero-order valence-electron chi connectivity index (χ0n) is 17.4. The molecule has 0 atom stereocenters. The summed E-state index contributed by atoms with van der Waals surface area (Å²) < 4.78 is 27.5. The van der Waals surface area contributed by atoms with Gasteiger partial charge in [-0.15, -0.1) is 10.2 Å². The van der Waals surface area contributed by atoms with Crippen LogP contribution in [0.3, 0.4) is 0 Å². The Kier molecular flexibility index (Phi) is 4.82. The Hall–Kier alpha value is -4.20. The standard InChI is InChI=1S/C24H19FN4O3/c1-31-20-12-9-16(13-21(20)32-2)22-26-27-24-28(14-15-7-10-17(25)11-8-15)23(30)18-5-3-4-6-19(18)29(22)24/h3-13H,14H2,1-2H3. The van der Waals surface area contributed by atoms with E-state index in [1.807, 2.05) is 34.7 Å². The van der Waals surface area contributed by atoms with Crippen LogP contribution in [0.15, 0.2) is 71.5 Å². The van der Waals surface area contributed by atoms with Crippen LogP contribution in [0.25, 0.3) is 28.1 Å². The Bertz CT molecular complexity index is 1510. The molecule has 0 aliphatic rings. The summed E-state index contributed by atoms with van der Waals surface area (Å²) in [7, 11) is 3.14. The molecular formula is C24H19FN4O3. The molecule has 0 aliphatic carbocycles. The smallest absolute Gasteiger partial charge is 0.263 e. The molecule has 32 heavy (non-hydrogen) atoms. The molecule has 2 heterocycles. The van der Waals surface area contributed by atoms with Crippen LogP contribution in [-0.4, -0.2) is 33.4 Å². The van der Waals surface area contributed by atoms with Gasteiger partial charge in [0.15, 0.2) is 17.3 Å². The van der Waals surface area contributed by atoms with Crippen LogP contribution in [0.5, 0.6) is 11.5 Å². The van der Waals surface area contributed by atoms with Crippen LogP contribution in [0, 0.1) is 5.82 Å². The van der Waals surface area contributed by atoms with Gasteiger partial charge in [0.05, 0.1) is 31.7 Å². The number of ether oxygens (including phenoxy) is 2.